The third-order valence-electron chi connectivity index (χ3n) is 3.03. The largest absolute Gasteiger partial charge is 0.446 e. The van der Waals surface area contributed by atoms with Crippen molar-refractivity contribution in [3.63, 3.8) is 0 Å². The number of aliphatic hydroxyl groups is 2. The van der Waals surface area contributed by atoms with Crippen molar-refractivity contribution < 1.29 is 24.1 Å². The standard InChI is InChI=1S/C9H11NO5/c11-2-9-3-13-7(8(9)12)6(15-9)5-1-10-4-14-5/h1,4,6-8,11-12H,2-3H2/t6-,7-,8-,9-/m0/s1. The van der Waals surface area contributed by atoms with Gasteiger partial charge in [-0.25, -0.2) is 4.98 Å². The number of aliphatic hydroxyl groups excluding tert-OH is 2. The minimum atomic E-state index is -0.998. The van der Waals surface area contributed by atoms with Crippen LogP contribution >= 0.6 is 0 Å². The SMILES string of the molecule is OC[C@@]12CO[C@@H]([C@H](c3cnco3)O1)[C@@H]2O. The van der Waals surface area contributed by atoms with E-state index in [1.807, 2.05) is 0 Å². The maximum atomic E-state index is 9.88. The minimum absolute atomic E-state index is 0.208. The highest BCUT2D eigenvalue weighted by atomic mass is 16.6. The van der Waals surface area contributed by atoms with Gasteiger partial charge in [-0.2, -0.15) is 0 Å². The van der Waals surface area contributed by atoms with Gasteiger partial charge in [-0.3, -0.25) is 0 Å². The summed E-state index contributed by atoms with van der Waals surface area (Å²) >= 11 is 0. The molecule has 0 spiro atoms. The Labute approximate surface area is 85.4 Å². The Balaban J connectivity index is 1.92. The Hall–Kier alpha value is -0.950. The van der Waals surface area contributed by atoms with Crippen molar-refractivity contribution in [1.29, 1.82) is 0 Å². The molecule has 0 radical (unpaired) electrons. The maximum absolute atomic E-state index is 9.88. The van der Waals surface area contributed by atoms with Gasteiger partial charge in [-0.05, 0) is 0 Å². The summed E-state index contributed by atoms with van der Waals surface area (Å²) in [7, 11) is 0. The topological polar surface area (TPSA) is 85.0 Å². The number of oxazole rings is 1. The van der Waals surface area contributed by atoms with E-state index in [2.05, 4.69) is 4.98 Å². The Kier molecular flexibility index (Phi) is 1.87. The van der Waals surface area contributed by atoms with Gasteiger partial charge in [-0.1, -0.05) is 0 Å². The molecule has 15 heavy (non-hydrogen) atoms. The monoisotopic (exact) mass is 213 g/mol. The average molecular weight is 213 g/mol. The first kappa shape index (κ1) is 9.29. The van der Waals surface area contributed by atoms with Crippen molar-refractivity contribution in [3.8, 4) is 0 Å². The third-order valence-corrected chi connectivity index (χ3v) is 3.03. The normalized spacial score (nSPS) is 43.7. The van der Waals surface area contributed by atoms with Crippen LogP contribution in [-0.4, -0.2) is 46.2 Å². The van der Waals surface area contributed by atoms with E-state index >= 15 is 0 Å². The van der Waals surface area contributed by atoms with Crippen LogP contribution in [0, 0.1) is 0 Å². The molecule has 6 nitrogen and oxygen atoms in total. The molecule has 2 aliphatic rings. The summed E-state index contributed by atoms with van der Waals surface area (Å²) in [6, 6.07) is 0. The van der Waals surface area contributed by atoms with E-state index in [0.29, 0.717) is 5.76 Å². The van der Waals surface area contributed by atoms with E-state index in [9.17, 15) is 10.2 Å². The van der Waals surface area contributed by atoms with Gasteiger partial charge < -0.3 is 24.1 Å². The first-order chi connectivity index (χ1) is 7.27. The molecule has 0 aliphatic carbocycles. The first-order valence-electron chi connectivity index (χ1n) is 4.73. The van der Waals surface area contributed by atoms with E-state index in [0.717, 1.165) is 0 Å². The summed E-state index contributed by atoms with van der Waals surface area (Å²) < 4.78 is 16.1. The minimum Gasteiger partial charge on any atom is -0.446 e. The molecular formula is C9H11NO5. The molecule has 3 rings (SSSR count). The molecule has 3 heterocycles. The number of hydrogen-bond acceptors (Lipinski definition) is 6. The van der Waals surface area contributed by atoms with Crippen LogP contribution in [0.15, 0.2) is 17.0 Å². The van der Waals surface area contributed by atoms with Gasteiger partial charge in [0, 0.05) is 0 Å². The second kappa shape index (κ2) is 3.02. The molecule has 2 saturated heterocycles. The number of rotatable bonds is 2. The summed E-state index contributed by atoms with van der Waals surface area (Å²) in [5, 5.41) is 19.1. The van der Waals surface area contributed by atoms with E-state index in [1.54, 1.807) is 0 Å². The molecule has 1 aromatic heterocycles. The number of ether oxygens (including phenoxy) is 2. The van der Waals surface area contributed by atoms with Gasteiger partial charge in [0.25, 0.3) is 0 Å². The quantitative estimate of drug-likeness (QED) is 0.671. The molecule has 82 valence electrons. The van der Waals surface area contributed by atoms with Crippen molar-refractivity contribution in [2.24, 2.45) is 0 Å². The van der Waals surface area contributed by atoms with Crippen LogP contribution in [-0.2, 0) is 9.47 Å². The van der Waals surface area contributed by atoms with Crippen LogP contribution in [0.4, 0.5) is 0 Å². The van der Waals surface area contributed by atoms with E-state index < -0.39 is 23.9 Å². The molecule has 2 aliphatic heterocycles. The van der Waals surface area contributed by atoms with Gasteiger partial charge in [0.05, 0.1) is 19.4 Å². The number of nitrogens with zero attached hydrogens (tertiary/aromatic N) is 1. The summed E-state index contributed by atoms with van der Waals surface area (Å²) in [5.41, 5.74) is -0.998. The van der Waals surface area contributed by atoms with Crippen molar-refractivity contribution >= 4 is 0 Å². The fraction of sp³-hybridized carbons (Fsp3) is 0.667. The summed E-state index contributed by atoms with van der Waals surface area (Å²) in [6.07, 6.45) is 1.03. The second-order valence-electron chi connectivity index (χ2n) is 3.89. The maximum Gasteiger partial charge on any atom is 0.180 e. The molecule has 2 N–H and O–H groups in total. The average Bonchev–Trinajstić information content (AvgIpc) is 2.94. The Morgan fingerprint density at radius 2 is 2.47 bits per heavy atom. The lowest BCUT2D eigenvalue weighted by atomic mass is 9.99. The fourth-order valence-corrected chi connectivity index (χ4v) is 2.15. The second-order valence-corrected chi connectivity index (χ2v) is 3.89. The van der Waals surface area contributed by atoms with E-state index in [1.165, 1.54) is 12.6 Å². The Morgan fingerprint density at radius 3 is 3.07 bits per heavy atom. The molecule has 0 amide bonds. The van der Waals surface area contributed by atoms with Gasteiger partial charge >= 0.3 is 0 Å². The van der Waals surface area contributed by atoms with Crippen LogP contribution in [0.1, 0.15) is 11.9 Å². The molecule has 4 atom stereocenters. The van der Waals surface area contributed by atoms with Crippen molar-refractivity contribution in [2.45, 2.75) is 23.9 Å². The van der Waals surface area contributed by atoms with Crippen LogP contribution in [0.3, 0.4) is 0 Å². The summed E-state index contributed by atoms with van der Waals surface area (Å²) in [5.74, 6) is 0.508. The van der Waals surface area contributed by atoms with E-state index in [4.69, 9.17) is 13.9 Å². The summed E-state index contributed by atoms with van der Waals surface area (Å²) in [6.45, 7) is -0.0602. The van der Waals surface area contributed by atoms with Gasteiger partial charge in [0.2, 0.25) is 0 Å². The fourth-order valence-electron chi connectivity index (χ4n) is 2.15. The van der Waals surface area contributed by atoms with Crippen molar-refractivity contribution in [2.75, 3.05) is 13.2 Å². The predicted molar refractivity (Wildman–Crippen MR) is 45.9 cm³/mol. The number of aromatic nitrogens is 1. The number of fused-ring (bicyclic) bond motifs is 2. The molecule has 2 fully saturated rings. The number of hydrogen-bond donors (Lipinski definition) is 2. The van der Waals surface area contributed by atoms with Gasteiger partial charge in [0.1, 0.15) is 23.9 Å². The van der Waals surface area contributed by atoms with Crippen LogP contribution in [0.5, 0.6) is 0 Å². The zero-order valence-corrected chi connectivity index (χ0v) is 7.87. The van der Waals surface area contributed by atoms with Crippen molar-refractivity contribution in [3.05, 3.63) is 18.4 Å². The highest BCUT2D eigenvalue weighted by Gasteiger charge is 2.61. The predicted octanol–water partition coefficient (Wildman–Crippen LogP) is -0.763. The lowest BCUT2D eigenvalue weighted by molar-refractivity contribution is -0.168. The Morgan fingerprint density at radius 1 is 1.60 bits per heavy atom. The highest BCUT2D eigenvalue weighted by Crippen LogP contribution is 2.46. The first-order valence-corrected chi connectivity index (χ1v) is 4.73. The smallest absolute Gasteiger partial charge is 0.180 e. The molecule has 6 heteroatoms. The van der Waals surface area contributed by atoms with Crippen LogP contribution in [0.25, 0.3) is 0 Å². The van der Waals surface area contributed by atoms with Gasteiger partial charge in [0.15, 0.2) is 12.2 Å². The molecule has 0 aromatic carbocycles. The van der Waals surface area contributed by atoms with Gasteiger partial charge in [-0.15, -0.1) is 0 Å². The van der Waals surface area contributed by atoms with Crippen LogP contribution < -0.4 is 0 Å². The van der Waals surface area contributed by atoms with Crippen molar-refractivity contribution in [1.82, 2.24) is 4.98 Å². The van der Waals surface area contributed by atoms with Crippen LogP contribution in [0.2, 0.25) is 0 Å². The third kappa shape index (κ3) is 1.10. The molecule has 0 saturated carbocycles. The molecule has 0 unspecified atom stereocenters. The van der Waals surface area contributed by atoms with E-state index in [-0.39, 0.29) is 13.2 Å². The highest BCUT2D eigenvalue weighted by molar-refractivity contribution is 5.13. The molecule has 1 aromatic rings. The lowest BCUT2D eigenvalue weighted by Crippen LogP contribution is -2.43. The zero-order valence-electron chi connectivity index (χ0n) is 7.87. The molecular weight excluding hydrogens is 202 g/mol. The lowest BCUT2D eigenvalue weighted by Gasteiger charge is -2.27. The summed E-state index contributed by atoms with van der Waals surface area (Å²) in [4.78, 5) is 3.78. The zero-order chi connectivity index (χ0) is 10.5. The Bertz CT molecular complexity index is 353. The molecule has 2 bridgehead atoms.